The predicted octanol–water partition coefficient (Wildman–Crippen LogP) is 7.17. The van der Waals surface area contributed by atoms with E-state index in [0.717, 1.165) is 41.5 Å². The first-order valence-electron chi connectivity index (χ1n) is 20.8. The van der Waals surface area contributed by atoms with E-state index in [4.69, 9.17) is 30.9 Å². The molecule has 3 aromatic rings. The molecule has 8 rings (SSSR count). The molecule has 1 aliphatic carbocycles. The highest BCUT2D eigenvalue weighted by atomic mass is 35.5. The Kier molecular flexibility index (Phi) is 16.6. The van der Waals surface area contributed by atoms with Gasteiger partial charge in [-0.15, -0.1) is 0 Å². The lowest BCUT2D eigenvalue weighted by molar-refractivity contribution is -0.143. The largest absolute Gasteiger partial charge is 0.508 e. The minimum Gasteiger partial charge on any atom is -0.508 e. The number of hydrogen-bond donors (Lipinski definition) is 1. The fraction of sp³-hybridized carbons (Fsp3) is 0.467. The summed E-state index contributed by atoms with van der Waals surface area (Å²) in [4.78, 5) is 55.1. The minimum absolute atomic E-state index is 0.0238. The molecule has 0 spiro atoms. The third-order valence-electron chi connectivity index (χ3n) is 11.1. The van der Waals surface area contributed by atoms with E-state index in [1.54, 1.807) is 29.2 Å². The molecule has 3 aromatic carbocycles. The van der Waals surface area contributed by atoms with Crippen molar-refractivity contribution in [1.29, 1.82) is 0 Å². The van der Waals surface area contributed by atoms with E-state index in [1.165, 1.54) is 38.5 Å². The Labute approximate surface area is 364 Å². The van der Waals surface area contributed by atoms with Crippen LogP contribution in [0.2, 0.25) is 5.02 Å². The fourth-order valence-electron chi connectivity index (χ4n) is 7.55. The third-order valence-corrected chi connectivity index (χ3v) is 11.4. The van der Waals surface area contributed by atoms with Crippen LogP contribution in [0.5, 0.6) is 5.75 Å². The molecule has 1 saturated carbocycles. The number of morpholine rings is 1. The number of oxime groups is 3. The van der Waals surface area contributed by atoms with Gasteiger partial charge >= 0.3 is 5.97 Å². The van der Waals surface area contributed by atoms with Gasteiger partial charge in [-0.05, 0) is 72.5 Å². The monoisotopic (exact) mass is 879 g/mol. The summed E-state index contributed by atoms with van der Waals surface area (Å²) in [6.45, 7) is 2.23. The highest BCUT2D eigenvalue weighted by Gasteiger charge is 2.31. The lowest BCUT2D eigenvalue weighted by atomic mass is 9.94. The molecule has 1 saturated heterocycles. The molecule has 332 valence electrons. The van der Waals surface area contributed by atoms with Gasteiger partial charge in [-0.25, -0.2) is 8.78 Å². The van der Waals surface area contributed by atoms with Crippen molar-refractivity contribution in [2.24, 2.45) is 15.5 Å². The van der Waals surface area contributed by atoms with Crippen LogP contribution in [0, 0.1) is 11.6 Å². The molecule has 3 unspecified atom stereocenters. The Morgan fingerprint density at radius 3 is 1.92 bits per heavy atom. The average molecular weight is 880 g/mol. The molecule has 2 amide bonds. The van der Waals surface area contributed by atoms with Gasteiger partial charge in [-0.1, -0.05) is 58.5 Å². The van der Waals surface area contributed by atoms with Crippen LogP contribution < -0.4 is 0 Å². The molecule has 4 heterocycles. The summed E-state index contributed by atoms with van der Waals surface area (Å²) in [5.74, 6) is -1.28. The van der Waals surface area contributed by atoms with E-state index in [9.17, 15) is 28.3 Å². The first kappa shape index (κ1) is 45.9. The third kappa shape index (κ3) is 13.2. The Morgan fingerprint density at radius 1 is 0.774 bits per heavy atom. The van der Waals surface area contributed by atoms with Crippen LogP contribution in [0.1, 0.15) is 87.3 Å². The molecular weight excluding hydrogens is 828 g/mol. The maximum Gasteiger partial charge on any atom is 0.309 e. The second-order valence-corrected chi connectivity index (χ2v) is 16.0. The van der Waals surface area contributed by atoms with Crippen molar-refractivity contribution in [3.05, 3.63) is 100 Å². The summed E-state index contributed by atoms with van der Waals surface area (Å²) in [7, 11) is 3.27. The number of hydrogen-bond acceptors (Lipinski definition) is 12. The standard InChI is InChI=1S/C18H23ClN2O2.C15H16F2N2O3.C12H13NO4/c1-21(15-5-3-2-4-6-15)18(22)12-16-11-17(20-23-16)13-7-9-14(19)10-8-13;16-10-1-2-12(13(17)7-10)14-8-11(22-18-14)9-15(20)19-3-5-21-6-4-19;1-16-12(15)7-10-6-11(13-17-10)8-2-4-9(14)5-3-8/h7-10,15-16H,2-6,11-12H2,1H3;1-2,7,11H,3-6,8-9H2;2-5,10,14H,6-7H2,1H3. The number of methoxy groups -OCH3 is 1. The van der Waals surface area contributed by atoms with Gasteiger partial charge in [0.2, 0.25) is 11.8 Å². The number of carbonyl (C=O) groups excluding carboxylic acids is 3. The van der Waals surface area contributed by atoms with Gasteiger partial charge in [0.1, 0.15) is 35.7 Å². The maximum atomic E-state index is 13.7. The van der Waals surface area contributed by atoms with Crippen molar-refractivity contribution in [2.75, 3.05) is 40.5 Å². The van der Waals surface area contributed by atoms with Crippen molar-refractivity contribution in [3.63, 3.8) is 0 Å². The molecule has 0 radical (unpaired) electrons. The van der Waals surface area contributed by atoms with Gasteiger partial charge in [0.15, 0.2) is 0 Å². The zero-order valence-corrected chi connectivity index (χ0v) is 35.6. The molecular formula is C45H52ClF2N5O9. The molecule has 17 heteroatoms. The van der Waals surface area contributed by atoms with Crippen LogP contribution in [0.25, 0.3) is 0 Å². The molecule has 62 heavy (non-hydrogen) atoms. The minimum atomic E-state index is -0.678. The quantitative estimate of drug-likeness (QED) is 0.208. The number of ether oxygens (including phenoxy) is 2. The first-order chi connectivity index (χ1) is 29.9. The number of rotatable bonds is 10. The fourth-order valence-corrected chi connectivity index (χ4v) is 7.68. The zero-order valence-electron chi connectivity index (χ0n) is 34.9. The Hall–Kier alpha value is -5.61. The lowest BCUT2D eigenvalue weighted by Crippen LogP contribution is -2.41. The van der Waals surface area contributed by atoms with Crippen molar-refractivity contribution in [2.45, 2.75) is 95.0 Å². The summed E-state index contributed by atoms with van der Waals surface area (Å²) in [5, 5.41) is 21.8. The molecule has 1 N–H and O–H groups in total. The van der Waals surface area contributed by atoms with Crippen LogP contribution in [0.4, 0.5) is 8.78 Å². The molecule has 3 atom stereocenters. The molecule has 4 aliphatic heterocycles. The van der Waals surface area contributed by atoms with E-state index in [2.05, 4.69) is 20.2 Å². The second kappa shape index (κ2) is 22.5. The number of carbonyl (C=O) groups is 3. The van der Waals surface area contributed by atoms with Gasteiger partial charge < -0.3 is 38.9 Å². The molecule has 2 fully saturated rings. The maximum absolute atomic E-state index is 13.7. The summed E-state index contributed by atoms with van der Waals surface area (Å²) in [5.41, 5.74) is 4.17. The van der Waals surface area contributed by atoms with Crippen LogP contribution >= 0.6 is 11.6 Å². The van der Waals surface area contributed by atoms with Crippen molar-refractivity contribution in [3.8, 4) is 5.75 Å². The summed E-state index contributed by atoms with van der Waals surface area (Å²) in [6.07, 6.45) is 7.54. The normalized spacial score (nSPS) is 20.7. The number of nitrogens with zero attached hydrogens (tertiary/aromatic N) is 5. The number of amides is 2. The van der Waals surface area contributed by atoms with E-state index in [0.29, 0.717) is 68.8 Å². The van der Waals surface area contributed by atoms with Gasteiger partial charge in [0.25, 0.3) is 0 Å². The van der Waals surface area contributed by atoms with Crippen LogP contribution in [-0.2, 0) is 38.4 Å². The van der Waals surface area contributed by atoms with Crippen molar-refractivity contribution < 1.29 is 52.3 Å². The highest BCUT2D eigenvalue weighted by molar-refractivity contribution is 6.30. The van der Waals surface area contributed by atoms with E-state index >= 15 is 0 Å². The van der Waals surface area contributed by atoms with Crippen LogP contribution in [0.15, 0.2) is 82.2 Å². The van der Waals surface area contributed by atoms with E-state index in [1.807, 2.05) is 36.2 Å². The number of halogens is 3. The van der Waals surface area contributed by atoms with Crippen molar-refractivity contribution in [1.82, 2.24) is 9.80 Å². The lowest BCUT2D eigenvalue weighted by Gasteiger charge is -2.31. The van der Waals surface area contributed by atoms with Gasteiger partial charge in [0, 0.05) is 62.1 Å². The van der Waals surface area contributed by atoms with Crippen LogP contribution in [0.3, 0.4) is 0 Å². The number of aromatic hydroxyl groups is 1. The Morgan fingerprint density at radius 2 is 1.32 bits per heavy atom. The first-order valence-corrected chi connectivity index (χ1v) is 21.2. The van der Waals surface area contributed by atoms with Gasteiger partial charge in [-0.2, -0.15) is 0 Å². The SMILES string of the molecule is CN(C(=O)CC1CC(c2ccc(Cl)cc2)=NO1)C1CCCCC1.COC(=O)CC1CC(c2ccc(O)cc2)=NO1.O=C(CC1CC(c2ccc(F)cc2F)=NO1)N1CCOCC1. The number of phenols is 1. The number of benzene rings is 3. The van der Waals surface area contributed by atoms with Gasteiger partial charge in [0.05, 0.1) is 56.7 Å². The summed E-state index contributed by atoms with van der Waals surface area (Å²) < 4.78 is 36.4. The molecule has 0 aromatic heterocycles. The topological polar surface area (TPSA) is 161 Å². The van der Waals surface area contributed by atoms with E-state index < -0.39 is 17.7 Å². The second-order valence-electron chi connectivity index (χ2n) is 15.6. The molecule has 5 aliphatic rings. The zero-order chi connectivity index (χ0) is 44.0. The predicted molar refractivity (Wildman–Crippen MR) is 227 cm³/mol. The smallest absolute Gasteiger partial charge is 0.309 e. The molecule has 0 bridgehead atoms. The highest BCUT2D eigenvalue weighted by Crippen LogP contribution is 2.26. The Bertz CT molecular complexity index is 2090. The van der Waals surface area contributed by atoms with E-state index in [-0.39, 0.29) is 54.1 Å². The summed E-state index contributed by atoms with van der Waals surface area (Å²) >= 11 is 5.90. The summed E-state index contributed by atoms with van der Waals surface area (Å²) in [6, 6.07) is 18.0. The van der Waals surface area contributed by atoms with Crippen molar-refractivity contribution >= 4 is 46.5 Å². The average Bonchev–Trinajstić information content (AvgIpc) is 4.07. The van der Waals surface area contributed by atoms with Crippen LogP contribution in [-0.4, -0.2) is 115 Å². The number of esters is 1. The van der Waals surface area contributed by atoms with Gasteiger partial charge in [-0.3, -0.25) is 14.4 Å². The Balaban J connectivity index is 0.000000157. The molecule has 14 nitrogen and oxygen atoms in total. The number of phenolic OH excluding ortho intramolecular Hbond substituents is 1.